The quantitative estimate of drug-likeness (QED) is 0.440. The molecule has 1 aliphatic heterocycles. The molecule has 2 atom stereocenters. The topological polar surface area (TPSA) is 84.0 Å². The zero-order valence-corrected chi connectivity index (χ0v) is 21.5. The molecule has 0 radical (unpaired) electrons. The first-order chi connectivity index (χ1) is 18.0. The Bertz CT molecular complexity index is 1140. The van der Waals surface area contributed by atoms with Crippen LogP contribution in [0.2, 0.25) is 5.02 Å². The van der Waals surface area contributed by atoms with Gasteiger partial charge in [0, 0.05) is 43.6 Å². The SMILES string of the molecule is CN1CCN(C(=O)[C@H](NC(=O)c2cccnc2)C(COCc2ccccc2)Oc2ccc(Cl)cc2)CC1. The molecule has 0 bridgehead atoms. The highest BCUT2D eigenvalue weighted by Crippen LogP contribution is 2.20. The minimum Gasteiger partial charge on any atom is -0.485 e. The second-order valence-electron chi connectivity index (χ2n) is 8.93. The van der Waals surface area contributed by atoms with E-state index in [4.69, 9.17) is 21.1 Å². The Hall–Kier alpha value is -3.46. The third kappa shape index (κ3) is 7.76. The van der Waals surface area contributed by atoms with Gasteiger partial charge in [0.15, 0.2) is 6.10 Å². The predicted octanol–water partition coefficient (Wildman–Crippen LogP) is 3.27. The summed E-state index contributed by atoms with van der Waals surface area (Å²) in [4.78, 5) is 34.9. The molecule has 194 valence electrons. The van der Waals surface area contributed by atoms with Crippen molar-refractivity contribution in [3.8, 4) is 5.75 Å². The highest BCUT2D eigenvalue weighted by atomic mass is 35.5. The summed E-state index contributed by atoms with van der Waals surface area (Å²) in [6.07, 6.45) is 2.26. The van der Waals surface area contributed by atoms with Crippen LogP contribution in [-0.2, 0) is 16.1 Å². The maximum absolute atomic E-state index is 13.8. The summed E-state index contributed by atoms with van der Waals surface area (Å²) >= 11 is 6.05. The number of nitrogens with one attached hydrogen (secondary N) is 1. The van der Waals surface area contributed by atoms with Crippen LogP contribution in [0.4, 0.5) is 0 Å². The fraction of sp³-hybridized carbons (Fsp3) is 0.321. The number of piperazine rings is 1. The average molecular weight is 523 g/mol. The molecule has 1 N–H and O–H groups in total. The number of ether oxygens (including phenoxy) is 2. The summed E-state index contributed by atoms with van der Waals surface area (Å²) in [5.74, 6) is -0.106. The van der Waals surface area contributed by atoms with E-state index in [0.29, 0.717) is 36.0 Å². The lowest BCUT2D eigenvalue weighted by Crippen LogP contribution is -2.60. The first-order valence-corrected chi connectivity index (χ1v) is 12.6. The zero-order valence-electron chi connectivity index (χ0n) is 20.8. The molecule has 1 fully saturated rings. The van der Waals surface area contributed by atoms with Gasteiger partial charge in [0.2, 0.25) is 5.91 Å². The molecule has 1 unspecified atom stereocenters. The van der Waals surface area contributed by atoms with E-state index in [0.717, 1.165) is 18.7 Å². The molecule has 0 spiro atoms. The van der Waals surface area contributed by atoms with Crippen molar-refractivity contribution in [2.75, 3.05) is 39.8 Å². The number of aromatic nitrogens is 1. The molecule has 2 aromatic carbocycles. The summed E-state index contributed by atoms with van der Waals surface area (Å²) in [7, 11) is 2.02. The fourth-order valence-electron chi connectivity index (χ4n) is 4.01. The van der Waals surface area contributed by atoms with Crippen molar-refractivity contribution < 1.29 is 19.1 Å². The zero-order chi connectivity index (χ0) is 26.0. The van der Waals surface area contributed by atoms with Gasteiger partial charge in [0.1, 0.15) is 11.8 Å². The van der Waals surface area contributed by atoms with E-state index in [1.54, 1.807) is 47.5 Å². The van der Waals surface area contributed by atoms with Gasteiger partial charge in [-0.3, -0.25) is 14.6 Å². The number of carbonyl (C=O) groups is 2. The monoisotopic (exact) mass is 522 g/mol. The minimum atomic E-state index is -0.984. The minimum absolute atomic E-state index is 0.0784. The first-order valence-electron chi connectivity index (χ1n) is 12.2. The molecule has 2 amide bonds. The molecule has 1 aromatic heterocycles. The first kappa shape index (κ1) is 26.6. The van der Waals surface area contributed by atoms with Gasteiger partial charge in [-0.2, -0.15) is 0 Å². The normalized spacial score (nSPS) is 15.6. The van der Waals surface area contributed by atoms with Crippen LogP contribution in [0, 0.1) is 0 Å². The second kappa shape index (κ2) is 13.2. The summed E-state index contributed by atoms with van der Waals surface area (Å²) < 4.78 is 12.3. The Kier molecular flexibility index (Phi) is 9.48. The van der Waals surface area contributed by atoms with Gasteiger partial charge in [-0.15, -0.1) is 0 Å². The molecule has 1 saturated heterocycles. The lowest BCUT2D eigenvalue weighted by Gasteiger charge is -2.36. The van der Waals surface area contributed by atoms with E-state index < -0.39 is 18.1 Å². The number of nitrogens with zero attached hydrogens (tertiary/aromatic N) is 3. The molecule has 4 rings (SSSR count). The van der Waals surface area contributed by atoms with E-state index in [9.17, 15) is 9.59 Å². The molecular formula is C28H31ClN4O4. The molecule has 2 heterocycles. The van der Waals surface area contributed by atoms with Crippen molar-refractivity contribution in [1.29, 1.82) is 0 Å². The summed E-state index contributed by atoms with van der Waals surface area (Å²) in [5, 5.41) is 3.48. The number of rotatable bonds is 10. The molecule has 9 heteroatoms. The van der Waals surface area contributed by atoms with Crippen molar-refractivity contribution in [3.05, 3.63) is 95.3 Å². The Morgan fingerprint density at radius 2 is 1.73 bits per heavy atom. The number of halogens is 1. The summed E-state index contributed by atoms with van der Waals surface area (Å²) in [5.41, 5.74) is 1.35. The van der Waals surface area contributed by atoms with E-state index >= 15 is 0 Å². The number of carbonyl (C=O) groups excluding carboxylic acids is 2. The van der Waals surface area contributed by atoms with E-state index in [2.05, 4.69) is 15.2 Å². The van der Waals surface area contributed by atoms with Crippen LogP contribution in [0.15, 0.2) is 79.1 Å². The third-order valence-corrected chi connectivity index (χ3v) is 6.41. The van der Waals surface area contributed by atoms with Crippen molar-refractivity contribution >= 4 is 23.4 Å². The van der Waals surface area contributed by atoms with Crippen LogP contribution < -0.4 is 10.1 Å². The number of benzene rings is 2. The largest absolute Gasteiger partial charge is 0.485 e. The van der Waals surface area contributed by atoms with Gasteiger partial charge in [0.05, 0.1) is 18.8 Å². The standard InChI is InChI=1S/C28H31ClN4O4/c1-32-14-16-33(17-15-32)28(35)26(31-27(34)22-8-5-13-30-18-22)25(37-24-11-9-23(29)10-12-24)20-36-19-21-6-3-2-4-7-21/h2-13,18,25-26H,14-17,19-20H2,1H3,(H,31,34)/t25?,26-/m1/s1. The van der Waals surface area contributed by atoms with Crippen molar-refractivity contribution in [2.45, 2.75) is 18.8 Å². The maximum Gasteiger partial charge on any atom is 0.253 e. The number of amides is 2. The lowest BCUT2D eigenvalue weighted by molar-refractivity contribution is -0.138. The van der Waals surface area contributed by atoms with Crippen LogP contribution in [0.3, 0.4) is 0 Å². The number of hydrogen-bond donors (Lipinski definition) is 1. The highest BCUT2D eigenvalue weighted by Gasteiger charge is 2.36. The predicted molar refractivity (Wildman–Crippen MR) is 142 cm³/mol. The molecular weight excluding hydrogens is 492 g/mol. The van der Waals surface area contributed by atoms with Crippen LogP contribution >= 0.6 is 11.6 Å². The summed E-state index contributed by atoms with van der Waals surface area (Å²) in [6.45, 7) is 3.05. The van der Waals surface area contributed by atoms with Crippen molar-refractivity contribution in [3.63, 3.8) is 0 Å². The Morgan fingerprint density at radius 3 is 2.41 bits per heavy atom. The molecule has 3 aromatic rings. The Labute approximate surface area is 222 Å². The van der Waals surface area contributed by atoms with E-state index in [1.807, 2.05) is 37.4 Å². The molecule has 8 nitrogen and oxygen atoms in total. The third-order valence-electron chi connectivity index (χ3n) is 6.16. The average Bonchev–Trinajstić information content (AvgIpc) is 2.93. The van der Waals surface area contributed by atoms with E-state index in [1.165, 1.54) is 6.20 Å². The van der Waals surface area contributed by atoms with Crippen molar-refractivity contribution in [1.82, 2.24) is 20.1 Å². The highest BCUT2D eigenvalue weighted by molar-refractivity contribution is 6.30. The van der Waals surface area contributed by atoms with Crippen molar-refractivity contribution in [2.24, 2.45) is 0 Å². The fourth-order valence-corrected chi connectivity index (χ4v) is 4.14. The van der Waals surface area contributed by atoms with Gasteiger partial charge in [-0.1, -0.05) is 41.9 Å². The van der Waals surface area contributed by atoms with Crippen LogP contribution in [-0.4, -0.2) is 78.6 Å². The molecule has 37 heavy (non-hydrogen) atoms. The van der Waals surface area contributed by atoms with Gasteiger partial charge in [-0.25, -0.2) is 0 Å². The molecule has 0 saturated carbocycles. The molecule has 0 aliphatic carbocycles. The van der Waals surface area contributed by atoms with Gasteiger partial charge in [-0.05, 0) is 49.0 Å². The van der Waals surface area contributed by atoms with Gasteiger partial charge >= 0.3 is 0 Å². The second-order valence-corrected chi connectivity index (χ2v) is 9.37. The van der Waals surface area contributed by atoms with Gasteiger partial charge < -0.3 is 24.6 Å². The van der Waals surface area contributed by atoms with E-state index in [-0.39, 0.29) is 12.5 Å². The van der Waals surface area contributed by atoms with Gasteiger partial charge in [0.25, 0.3) is 5.91 Å². The number of pyridine rings is 1. The van der Waals surface area contributed by atoms with Crippen LogP contribution in [0.5, 0.6) is 5.75 Å². The summed E-state index contributed by atoms with van der Waals surface area (Å²) in [6, 6.07) is 19.0. The lowest BCUT2D eigenvalue weighted by atomic mass is 10.1. The Morgan fingerprint density at radius 1 is 1.00 bits per heavy atom. The number of likely N-dealkylation sites (N-methyl/N-ethyl adjacent to an activating group) is 1. The van der Waals surface area contributed by atoms with Crippen LogP contribution in [0.25, 0.3) is 0 Å². The molecule has 1 aliphatic rings. The Balaban J connectivity index is 1.58. The smallest absolute Gasteiger partial charge is 0.253 e. The maximum atomic E-state index is 13.8. The van der Waals surface area contributed by atoms with Crippen LogP contribution in [0.1, 0.15) is 15.9 Å². The number of hydrogen-bond acceptors (Lipinski definition) is 6.